The van der Waals surface area contributed by atoms with E-state index in [4.69, 9.17) is 0 Å². The summed E-state index contributed by atoms with van der Waals surface area (Å²) >= 11 is 0. The molecule has 0 bridgehead atoms. The van der Waals surface area contributed by atoms with Crippen molar-refractivity contribution in [2.45, 2.75) is 76.3 Å². The van der Waals surface area contributed by atoms with Gasteiger partial charge in [0.25, 0.3) is 0 Å². The number of rotatable bonds is 5. The Balaban J connectivity index is 1.72. The van der Waals surface area contributed by atoms with Crippen molar-refractivity contribution in [1.29, 1.82) is 0 Å². The summed E-state index contributed by atoms with van der Waals surface area (Å²) in [4.78, 5) is 35.2. The first-order valence-corrected chi connectivity index (χ1v) is 9.13. The van der Waals surface area contributed by atoms with Gasteiger partial charge in [0.1, 0.15) is 0 Å². The molecular formula is C17H29N3O4. The van der Waals surface area contributed by atoms with Crippen LogP contribution in [0.1, 0.15) is 64.2 Å². The maximum Gasteiger partial charge on any atom is 0.315 e. The molecule has 0 radical (unpaired) electrons. The minimum Gasteiger partial charge on any atom is -0.481 e. The lowest BCUT2D eigenvalue weighted by Crippen LogP contribution is -2.49. The maximum absolute atomic E-state index is 12.0. The van der Waals surface area contributed by atoms with Gasteiger partial charge in [-0.2, -0.15) is 0 Å². The summed E-state index contributed by atoms with van der Waals surface area (Å²) in [6.45, 7) is -0.124. The number of carbonyl (C=O) groups excluding carboxylic acids is 2. The van der Waals surface area contributed by atoms with E-state index in [-0.39, 0.29) is 30.6 Å². The number of urea groups is 1. The molecule has 4 N–H and O–H groups in total. The highest BCUT2D eigenvalue weighted by atomic mass is 16.4. The first kappa shape index (κ1) is 18.5. The largest absolute Gasteiger partial charge is 0.481 e. The molecule has 0 heterocycles. The molecule has 0 unspecified atom stereocenters. The minimum atomic E-state index is -0.856. The second kappa shape index (κ2) is 9.49. The number of amides is 3. The van der Waals surface area contributed by atoms with Crippen LogP contribution in [0.4, 0.5) is 4.79 Å². The van der Waals surface area contributed by atoms with E-state index >= 15 is 0 Å². The number of hydrogen-bond acceptors (Lipinski definition) is 3. The van der Waals surface area contributed by atoms with Crippen molar-refractivity contribution < 1.29 is 19.5 Å². The van der Waals surface area contributed by atoms with E-state index in [1.165, 1.54) is 6.42 Å². The van der Waals surface area contributed by atoms with Gasteiger partial charge in [0.15, 0.2) is 0 Å². The predicted molar refractivity (Wildman–Crippen MR) is 89.5 cm³/mol. The van der Waals surface area contributed by atoms with Gasteiger partial charge in [0.05, 0.1) is 12.5 Å². The zero-order valence-corrected chi connectivity index (χ0v) is 14.2. The Hall–Kier alpha value is -1.79. The molecule has 2 fully saturated rings. The monoisotopic (exact) mass is 339 g/mol. The Morgan fingerprint density at radius 3 is 2.12 bits per heavy atom. The molecule has 0 aromatic rings. The number of carboxylic acids is 1. The Morgan fingerprint density at radius 2 is 1.46 bits per heavy atom. The van der Waals surface area contributed by atoms with Crippen LogP contribution in [-0.2, 0) is 9.59 Å². The fraction of sp³-hybridized carbons (Fsp3) is 0.824. The molecule has 2 atom stereocenters. The first-order chi connectivity index (χ1) is 11.6. The van der Waals surface area contributed by atoms with Crippen LogP contribution in [0.25, 0.3) is 0 Å². The molecule has 0 aromatic heterocycles. The molecule has 0 saturated heterocycles. The fourth-order valence-corrected chi connectivity index (χ4v) is 3.68. The van der Waals surface area contributed by atoms with E-state index in [2.05, 4.69) is 16.0 Å². The second-order valence-electron chi connectivity index (χ2n) is 6.92. The minimum absolute atomic E-state index is 0.124. The molecule has 2 saturated carbocycles. The number of nitrogens with one attached hydrogen (secondary N) is 3. The van der Waals surface area contributed by atoms with Crippen molar-refractivity contribution in [2.75, 3.05) is 6.54 Å². The van der Waals surface area contributed by atoms with Crippen molar-refractivity contribution >= 4 is 17.9 Å². The third-order valence-corrected chi connectivity index (χ3v) is 5.03. The third-order valence-electron chi connectivity index (χ3n) is 5.03. The van der Waals surface area contributed by atoms with Crippen molar-refractivity contribution in [1.82, 2.24) is 16.0 Å². The normalized spacial score (nSPS) is 25.3. The maximum atomic E-state index is 12.0. The summed E-state index contributed by atoms with van der Waals surface area (Å²) in [5.74, 6) is -1.72. The molecule has 0 spiro atoms. The van der Waals surface area contributed by atoms with E-state index in [0.717, 1.165) is 44.9 Å². The van der Waals surface area contributed by atoms with Gasteiger partial charge in [-0.1, -0.05) is 38.5 Å². The number of aliphatic carboxylic acids is 1. The quantitative estimate of drug-likeness (QED) is 0.573. The van der Waals surface area contributed by atoms with Crippen LogP contribution in [0.3, 0.4) is 0 Å². The smallest absolute Gasteiger partial charge is 0.315 e. The number of carbonyl (C=O) groups is 3. The van der Waals surface area contributed by atoms with Crippen molar-refractivity contribution in [3.05, 3.63) is 0 Å². The van der Waals surface area contributed by atoms with Crippen molar-refractivity contribution in [3.8, 4) is 0 Å². The molecule has 2 aliphatic carbocycles. The van der Waals surface area contributed by atoms with Crippen LogP contribution in [0.5, 0.6) is 0 Å². The van der Waals surface area contributed by atoms with E-state index in [1.807, 2.05) is 0 Å². The Morgan fingerprint density at radius 1 is 0.833 bits per heavy atom. The number of carboxylic acid groups (broad SMARTS) is 1. The average Bonchev–Trinajstić information content (AvgIpc) is 2.79. The summed E-state index contributed by atoms with van der Waals surface area (Å²) in [6, 6.07) is -0.478. The summed E-state index contributed by atoms with van der Waals surface area (Å²) in [7, 11) is 0. The van der Waals surface area contributed by atoms with Gasteiger partial charge in [-0.15, -0.1) is 0 Å². The summed E-state index contributed by atoms with van der Waals surface area (Å²) in [5.41, 5.74) is 0. The van der Waals surface area contributed by atoms with Gasteiger partial charge in [-0.25, -0.2) is 4.79 Å². The van der Waals surface area contributed by atoms with Gasteiger partial charge in [-0.3, -0.25) is 9.59 Å². The molecule has 2 rings (SSSR count). The predicted octanol–water partition coefficient (Wildman–Crippen LogP) is 1.77. The van der Waals surface area contributed by atoms with Crippen LogP contribution in [0.2, 0.25) is 0 Å². The highest BCUT2D eigenvalue weighted by Crippen LogP contribution is 2.23. The van der Waals surface area contributed by atoms with E-state index in [9.17, 15) is 19.5 Å². The number of hydrogen-bond donors (Lipinski definition) is 4. The van der Waals surface area contributed by atoms with E-state index in [0.29, 0.717) is 12.8 Å². The van der Waals surface area contributed by atoms with Gasteiger partial charge in [-0.05, 0) is 25.7 Å². The van der Waals surface area contributed by atoms with Crippen LogP contribution in [0, 0.1) is 5.92 Å². The Bertz CT molecular complexity index is 449. The molecule has 0 aliphatic heterocycles. The van der Waals surface area contributed by atoms with Crippen LogP contribution in [-0.4, -0.2) is 41.6 Å². The molecule has 136 valence electrons. The SMILES string of the molecule is O=C(CNC(=O)NC1CCCCC1)N[C@H]1CCCCC[C@H]1C(=O)O. The van der Waals surface area contributed by atoms with Crippen LogP contribution >= 0.6 is 0 Å². The standard InChI is InChI=1S/C17H29N3O4/c21-15(11-18-17(24)19-12-7-3-1-4-8-12)20-14-10-6-2-5-9-13(14)16(22)23/h12-14H,1-11H2,(H,20,21)(H,22,23)(H2,18,19,24)/t13-,14+/m1/s1. The summed E-state index contributed by atoms with van der Waals surface area (Å²) in [6.07, 6.45) is 9.52. The van der Waals surface area contributed by atoms with Crippen molar-refractivity contribution in [2.24, 2.45) is 5.92 Å². The molecule has 7 heteroatoms. The molecule has 3 amide bonds. The van der Waals surface area contributed by atoms with Gasteiger partial charge in [0, 0.05) is 12.1 Å². The highest BCUT2D eigenvalue weighted by molar-refractivity contribution is 5.84. The van der Waals surface area contributed by atoms with E-state index < -0.39 is 11.9 Å². The second-order valence-corrected chi connectivity index (χ2v) is 6.92. The molecular weight excluding hydrogens is 310 g/mol. The Kier molecular flexibility index (Phi) is 7.34. The summed E-state index contributed by atoms with van der Waals surface area (Å²) in [5, 5.41) is 17.6. The lowest BCUT2D eigenvalue weighted by molar-refractivity contribution is -0.143. The topological polar surface area (TPSA) is 108 Å². The molecule has 2 aliphatic rings. The lowest BCUT2D eigenvalue weighted by atomic mass is 9.95. The van der Waals surface area contributed by atoms with E-state index in [1.54, 1.807) is 0 Å². The van der Waals surface area contributed by atoms with Crippen LogP contribution in [0.15, 0.2) is 0 Å². The third kappa shape index (κ3) is 6.02. The van der Waals surface area contributed by atoms with Gasteiger partial charge in [0.2, 0.25) is 5.91 Å². The molecule has 24 heavy (non-hydrogen) atoms. The van der Waals surface area contributed by atoms with Gasteiger partial charge < -0.3 is 21.1 Å². The zero-order chi connectivity index (χ0) is 17.4. The highest BCUT2D eigenvalue weighted by Gasteiger charge is 2.30. The Labute approximate surface area is 142 Å². The molecule has 7 nitrogen and oxygen atoms in total. The zero-order valence-electron chi connectivity index (χ0n) is 14.2. The first-order valence-electron chi connectivity index (χ1n) is 9.13. The van der Waals surface area contributed by atoms with Crippen LogP contribution < -0.4 is 16.0 Å². The lowest BCUT2D eigenvalue weighted by Gasteiger charge is -2.24. The fourth-order valence-electron chi connectivity index (χ4n) is 3.68. The molecule has 0 aromatic carbocycles. The van der Waals surface area contributed by atoms with Gasteiger partial charge >= 0.3 is 12.0 Å². The average molecular weight is 339 g/mol. The summed E-state index contributed by atoms with van der Waals surface area (Å²) < 4.78 is 0. The van der Waals surface area contributed by atoms with Crippen molar-refractivity contribution in [3.63, 3.8) is 0 Å².